The summed E-state index contributed by atoms with van der Waals surface area (Å²) in [5.74, 6) is 0. The number of hydrogen-bond donors (Lipinski definition) is 0. The van der Waals surface area contributed by atoms with Crippen molar-refractivity contribution < 1.29 is 0 Å². The summed E-state index contributed by atoms with van der Waals surface area (Å²) in [7, 11) is 5.93. The third kappa shape index (κ3) is 4.13. The molecule has 0 aromatic heterocycles. The Hall–Kier alpha value is -3.84. The molecule has 0 aliphatic heterocycles. The van der Waals surface area contributed by atoms with Crippen molar-refractivity contribution in [1.29, 1.82) is 0 Å². The highest BCUT2D eigenvalue weighted by molar-refractivity contribution is 6.08. The Morgan fingerprint density at radius 3 is 1.19 bits per heavy atom. The highest BCUT2D eigenvalue weighted by atomic mass is 14.4. The minimum Gasteiger partial charge on any atom is -0.626 e. The van der Waals surface area contributed by atoms with Crippen molar-refractivity contribution in [1.82, 2.24) is 0 Å². The van der Waals surface area contributed by atoms with Gasteiger partial charge in [-0.05, 0) is 55.4 Å². The summed E-state index contributed by atoms with van der Waals surface area (Å²) in [6.07, 6.45) is 5.04. The van der Waals surface area contributed by atoms with Gasteiger partial charge in [-0.25, -0.2) is 0 Å². The van der Waals surface area contributed by atoms with E-state index >= 15 is 0 Å². The van der Waals surface area contributed by atoms with Crippen LogP contribution in [0.5, 0.6) is 0 Å². The Balaban J connectivity index is 1.77. The average Bonchev–Trinajstić information content (AvgIpc) is 2.97. The van der Waals surface area contributed by atoms with E-state index in [1.54, 1.807) is 0 Å². The van der Waals surface area contributed by atoms with Crippen LogP contribution in [-0.4, -0.2) is 7.85 Å². The van der Waals surface area contributed by atoms with Gasteiger partial charge >= 0.3 is 0 Å². The first kappa shape index (κ1) is 23.6. The van der Waals surface area contributed by atoms with Crippen LogP contribution >= 0.6 is 0 Å². The lowest BCUT2D eigenvalue weighted by molar-refractivity contribution is 0.524. The monoisotopic (exact) mass is 474 g/mol. The third-order valence-corrected chi connectivity index (χ3v) is 8.00. The first-order valence-electron chi connectivity index (χ1n) is 13.5. The second-order valence-electron chi connectivity index (χ2n) is 10.1. The molecule has 0 saturated heterocycles. The zero-order valence-corrected chi connectivity index (χ0v) is 21.2. The smallest absolute Gasteiger partial charge is 0.0469 e. The Morgan fingerprint density at radius 2 is 0.784 bits per heavy atom. The molecule has 0 heterocycles. The van der Waals surface area contributed by atoms with Gasteiger partial charge in [0, 0.05) is 5.41 Å². The standard InChI is InChI=1S/C36H31B/c37-26-9-1-8-25-36(33-22-10-16-27-13-2-5-19-30(27)33,34-23-11-17-28-14-3-6-20-31(28)34)35-24-12-18-29-15-4-7-21-32(29)35/h2-7,10-24H,1,8-9,25-26H2/q-1. The molecule has 0 atom stereocenters. The zero-order chi connectivity index (χ0) is 25.1. The number of benzene rings is 6. The van der Waals surface area contributed by atoms with Crippen LogP contribution in [0.3, 0.4) is 0 Å². The summed E-state index contributed by atoms with van der Waals surface area (Å²) in [5, 5.41) is 7.82. The van der Waals surface area contributed by atoms with Crippen LogP contribution in [0.4, 0.5) is 0 Å². The van der Waals surface area contributed by atoms with E-state index in [2.05, 4.69) is 127 Å². The first-order valence-corrected chi connectivity index (χ1v) is 13.5. The molecule has 0 aliphatic carbocycles. The molecule has 3 radical (unpaired) electrons. The van der Waals surface area contributed by atoms with Crippen LogP contribution in [0.2, 0.25) is 6.32 Å². The van der Waals surface area contributed by atoms with Crippen molar-refractivity contribution in [2.45, 2.75) is 37.4 Å². The second kappa shape index (κ2) is 10.3. The van der Waals surface area contributed by atoms with E-state index in [0.717, 1.165) is 32.0 Å². The second-order valence-corrected chi connectivity index (χ2v) is 10.1. The van der Waals surface area contributed by atoms with Gasteiger partial charge in [-0.3, -0.25) is 6.32 Å². The predicted molar refractivity (Wildman–Crippen MR) is 161 cm³/mol. The average molecular weight is 474 g/mol. The highest BCUT2D eigenvalue weighted by Crippen LogP contribution is 2.50. The molecule has 6 rings (SSSR count). The molecule has 179 valence electrons. The van der Waals surface area contributed by atoms with E-state index in [9.17, 15) is 0 Å². The number of rotatable bonds is 8. The Kier molecular flexibility index (Phi) is 6.54. The number of fused-ring (bicyclic) bond motifs is 3. The molecule has 0 unspecified atom stereocenters. The van der Waals surface area contributed by atoms with Crippen LogP contribution in [0.1, 0.15) is 42.4 Å². The molecule has 0 nitrogen and oxygen atoms in total. The maximum Gasteiger partial charge on any atom is 0.0469 e. The van der Waals surface area contributed by atoms with Crippen LogP contribution in [0, 0.1) is 0 Å². The van der Waals surface area contributed by atoms with Crippen molar-refractivity contribution in [3.8, 4) is 0 Å². The summed E-state index contributed by atoms with van der Waals surface area (Å²) in [5.41, 5.74) is 3.82. The lowest BCUT2D eigenvalue weighted by atomic mass is 9.63. The van der Waals surface area contributed by atoms with Crippen LogP contribution < -0.4 is 0 Å². The molecule has 0 bridgehead atoms. The molecule has 6 aromatic carbocycles. The fourth-order valence-corrected chi connectivity index (χ4v) is 6.34. The number of hydrogen-bond acceptors (Lipinski definition) is 0. The van der Waals surface area contributed by atoms with Crippen molar-refractivity contribution in [3.63, 3.8) is 0 Å². The minimum atomic E-state index is -0.322. The first-order chi connectivity index (χ1) is 18.3. The van der Waals surface area contributed by atoms with Gasteiger partial charge in [-0.2, -0.15) is 0 Å². The molecule has 0 aliphatic rings. The summed E-state index contributed by atoms with van der Waals surface area (Å²) in [6, 6.07) is 47.1. The molecule has 37 heavy (non-hydrogen) atoms. The Labute approximate surface area is 221 Å². The van der Waals surface area contributed by atoms with E-state index in [-0.39, 0.29) is 5.41 Å². The molecule has 0 N–H and O–H groups in total. The molecule has 1 heteroatoms. The van der Waals surface area contributed by atoms with E-state index in [4.69, 9.17) is 7.85 Å². The van der Waals surface area contributed by atoms with Crippen molar-refractivity contribution >= 4 is 40.2 Å². The Bertz CT molecular complexity index is 1470. The molecule has 6 aromatic rings. The largest absolute Gasteiger partial charge is 0.626 e. The highest BCUT2D eigenvalue weighted by Gasteiger charge is 2.39. The van der Waals surface area contributed by atoms with E-state index in [1.807, 2.05) is 0 Å². The molecule has 0 amide bonds. The van der Waals surface area contributed by atoms with Gasteiger partial charge < -0.3 is 7.85 Å². The fraction of sp³-hybridized carbons (Fsp3) is 0.167. The van der Waals surface area contributed by atoms with Crippen molar-refractivity contribution in [2.75, 3.05) is 0 Å². The van der Waals surface area contributed by atoms with E-state index in [1.165, 1.54) is 49.0 Å². The summed E-state index contributed by atoms with van der Waals surface area (Å²) in [4.78, 5) is 0. The minimum absolute atomic E-state index is 0.322. The number of unbranched alkanes of at least 4 members (excludes halogenated alkanes) is 2. The molecular formula is C36H31B-. The van der Waals surface area contributed by atoms with Gasteiger partial charge in [0.2, 0.25) is 0 Å². The third-order valence-electron chi connectivity index (χ3n) is 8.00. The predicted octanol–water partition coefficient (Wildman–Crippen LogP) is 9.63. The van der Waals surface area contributed by atoms with Gasteiger partial charge in [0.1, 0.15) is 0 Å². The normalized spacial score (nSPS) is 11.9. The van der Waals surface area contributed by atoms with Crippen LogP contribution in [-0.2, 0) is 5.41 Å². The lowest BCUT2D eigenvalue weighted by Crippen LogP contribution is -2.30. The maximum absolute atomic E-state index is 5.93. The maximum atomic E-state index is 5.93. The van der Waals surface area contributed by atoms with Crippen molar-refractivity contribution in [3.05, 3.63) is 144 Å². The summed E-state index contributed by atoms with van der Waals surface area (Å²) >= 11 is 0. The van der Waals surface area contributed by atoms with Gasteiger partial charge in [0.15, 0.2) is 0 Å². The summed E-state index contributed by atoms with van der Waals surface area (Å²) < 4.78 is 0. The quantitative estimate of drug-likeness (QED) is 0.117. The van der Waals surface area contributed by atoms with Gasteiger partial charge in [0.05, 0.1) is 0 Å². The van der Waals surface area contributed by atoms with Gasteiger partial charge in [-0.15, -0.1) is 0 Å². The van der Waals surface area contributed by atoms with E-state index < -0.39 is 0 Å². The van der Waals surface area contributed by atoms with Crippen LogP contribution in [0.15, 0.2) is 127 Å². The van der Waals surface area contributed by atoms with E-state index in [0.29, 0.717) is 0 Å². The zero-order valence-electron chi connectivity index (χ0n) is 21.2. The molecule has 0 fully saturated rings. The van der Waals surface area contributed by atoms with Crippen LogP contribution in [0.25, 0.3) is 32.3 Å². The van der Waals surface area contributed by atoms with Gasteiger partial charge in [-0.1, -0.05) is 147 Å². The Morgan fingerprint density at radius 1 is 0.405 bits per heavy atom. The van der Waals surface area contributed by atoms with Crippen molar-refractivity contribution in [2.24, 2.45) is 0 Å². The molecule has 0 saturated carbocycles. The fourth-order valence-electron chi connectivity index (χ4n) is 6.34. The molecule has 0 spiro atoms. The molecular weight excluding hydrogens is 443 g/mol. The topological polar surface area (TPSA) is 0 Å². The van der Waals surface area contributed by atoms with Gasteiger partial charge in [0.25, 0.3) is 0 Å². The lowest BCUT2D eigenvalue weighted by Gasteiger charge is -2.39. The summed E-state index contributed by atoms with van der Waals surface area (Å²) in [6.45, 7) is 0. The SMILES string of the molecule is [B-]CCCCCC(c1cccc2ccccc12)(c1cccc2ccccc12)c1cccc2ccccc12.